The largest absolute Gasteiger partial charge is 0.466 e. The second-order valence-corrected chi connectivity index (χ2v) is 6.79. The predicted octanol–water partition coefficient (Wildman–Crippen LogP) is 1.92. The van der Waals surface area contributed by atoms with Crippen LogP contribution >= 0.6 is 0 Å². The van der Waals surface area contributed by atoms with Crippen molar-refractivity contribution in [2.24, 2.45) is 4.99 Å². The molecular weight excluding hydrogens is 304 g/mol. The van der Waals surface area contributed by atoms with E-state index in [1.807, 2.05) is 6.92 Å². The molecule has 1 saturated carbocycles. The third-order valence-corrected chi connectivity index (χ3v) is 4.65. The molecule has 0 amide bonds. The molecule has 3 N–H and O–H groups in total. The van der Waals surface area contributed by atoms with E-state index >= 15 is 0 Å². The summed E-state index contributed by atoms with van der Waals surface area (Å²) in [5.41, 5.74) is -1.10. The van der Waals surface area contributed by atoms with E-state index in [9.17, 15) is 5.11 Å². The fourth-order valence-electron chi connectivity index (χ4n) is 3.12. The molecule has 1 atom stereocenters. The lowest BCUT2D eigenvalue weighted by molar-refractivity contribution is 0.0437. The Morgan fingerprint density at radius 2 is 2.17 bits per heavy atom. The molecule has 6 heteroatoms. The van der Waals surface area contributed by atoms with Crippen LogP contribution in [0.25, 0.3) is 0 Å². The Labute approximate surface area is 145 Å². The fraction of sp³-hybridized carbons (Fsp3) is 0.722. The van der Waals surface area contributed by atoms with Crippen LogP contribution in [0.15, 0.2) is 27.8 Å². The summed E-state index contributed by atoms with van der Waals surface area (Å²) in [7, 11) is 2.20. The summed E-state index contributed by atoms with van der Waals surface area (Å²) in [5, 5.41) is 17.1. The van der Waals surface area contributed by atoms with Crippen LogP contribution in [0, 0.1) is 0 Å². The van der Waals surface area contributed by atoms with Gasteiger partial charge in [-0.3, -0.25) is 0 Å². The monoisotopic (exact) mass is 336 g/mol. The molecule has 6 nitrogen and oxygen atoms in total. The Morgan fingerprint density at radius 1 is 1.42 bits per heavy atom. The Kier molecular flexibility index (Phi) is 7.12. The van der Waals surface area contributed by atoms with Crippen molar-refractivity contribution in [2.75, 3.05) is 33.2 Å². The van der Waals surface area contributed by atoms with Crippen molar-refractivity contribution >= 4 is 5.96 Å². The average molecular weight is 336 g/mol. The number of likely N-dealkylation sites (N-methyl/N-ethyl adjacent to an activating group) is 1. The zero-order chi connectivity index (χ0) is 17.4. The fourth-order valence-corrected chi connectivity index (χ4v) is 3.12. The highest BCUT2D eigenvalue weighted by Crippen LogP contribution is 2.22. The second-order valence-electron chi connectivity index (χ2n) is 6.79. The van der Waals surface area contributed by atoms with E-state index in [0.717, 1.165) is 31.6 Å². The van der Waals surface area contributed by atoms with Crippen molar-refractivity contribution in [3.05, 3.63) is 24.2 Å². The Balaban J connectivity index is 1.81. The van der Waals surface area contributed by atoms with Gasteiger partial charge in [0.15, 0.2) is 5.96 Å². The van der Waals surface area contributed by atoms with E-state index in [2.05, 4.69) is 27.6 Å². The summed E-state index contributed by atoms with van der Waals surface area (Å²) in [6.45, 7) is 6.60. The van der Waals surface area contributed by atoms with Gasteiger partial charge in [0.2, 0.25) is 0 Å². The van der Waals surface area contributed by atoms with Crippen LogP contribution in [0.1, 0.15) is 45.3 Å². The van der Waals surface area contributed by atoms with Gasteiger partial charge in [-0.05, 0) is 45.9 Å². The summed E-state index contributed by atoms with van der Waals surface area (Å²) in [6.07, 6.45) is 6.91. The van der Waals surface area contributed by atoms with Crippen molar-refractivity contribution in [1.82, 2.24) is 15.5 Å². The van der Waals surface area contributed by atoms with E-state index in [-0.39, 0.29) is 6.54 Å². The smallest absolute Gasteiger partial charge is 0.191 e. The van der Waals surface area contributed by atoms with Crippen LogP contribution in [0.5, 0.6) is 0 Å². The highest BCUT2D eigenvalue weighted by molar-refractivity contribution is 5.79. The highest BCUT2D eigenvalue weighted by Gasteiger charge is 2.26. The first-order chi connectivity index (χ1) is 11.5. The summed E-state index contributed by atoms with van der Waals surface area (Å²) in [4.78, 5) is 6.93. The maximum absolute atomic E-state index is 10.5. The van der Waals surface area contributed by atoms with Gasteiger partial charge in [-0.15, -0.1) is 0 Å². The first-order valence-corrected chi connectivity index (χ1v) is 9.01. The van der Waals surface area contributed by atoms with Crippen LogP contribution < -0.4 is 10.6 Å². The summed E-state index contributed by atoms with van der Waals surface area (Å²) >= 11 is 0. The highest BCUT2D eigenvalue weighted by atomic mass is 16.4. The number of nitrogens with one attached hydrogen (secondary N) is 2. The lowest BCUT2D eigenvalue weighted by Gasteiger charge is -2.24. The van der Waals surface area contributed by atoms with E-state index in [0.29, 0.717) is 5.76 Å². The maximum Gasteiger partial charge on any atom is 0.191 e. The number of rotatable bonds is 8. The van der Waals surface area contributed by atoms with Crippen molar-refractivity contribution in [1.29, 1.82) is 0 Å². The van der Waals surface area contributed by atoms with Crippen LogP contribution in [0.3, 0.4) is 0 Å². The summed E-state index contributed by atoms with van der Waals surface area (Å²) in [5.74, 6) is 1.26. The van der Waals surface area contributed by atoms with Crippen LogP contribution in [0.4, 0.5) is 0 Å². The van der Waals surface area contributed by atoms with Crippen molar-refractivity contribution in [3.8, 4) is 0 Å². The first kappa shape index (κ1) is 18.8. The molecular formula is C18H32N4O2. The van der Waals surface area contributed by atoms with Crippen LogP contribution in [-0.4, -0.2) is 55.2 Å². The third kappa shape index (κ3) is 5.53. The summed E-state index contributed by atoms with van der Waals surface area (Å²) in [6, 6.07) is 4.27. The Morgan fingerprint density at radius 3 is 2.79 bits per heavy atom. The van der Waals surface area contributed by atoms with E-state index in [1.165, 1.54) is 25.7 Å². The molecule has 0 saturated heterocycles. The zero-order valence-corrected chi connectivity index (χ0v) is 15.2. The number of furan rings is 1. The van der Waals surface area contributed by atoms with E-state index in [4.69, 9.17) is 4.42 Å². The molecule has 1 aliphatic rings. The minimum Gasteiger partial charge on any atom is -0.466 e. The molecule has 1 unspecified atom stereocenters. The van der Waals surface area contributed by atoms with E-state index in [1.54, 1.807) is 25.3 Å². The molecule has 0 aromatic carbocycles. The Bertz CT molecular complexity index is 493. The van der Waals surface area contributed by atoms with E-state index < -0.39 is 5.60 Å². The minimum atomic E-state index is -1.10. The number of guanidine groups is 1. The molecule has 136 valence electrons. The molecule has 1 aromatic rings. The zero-order valence-electron chi connectivity index (χ0n) is 15.2. The van der Waals surface area contributed by atoms with Crippen LogP contribution in [0.2, 0.25) is 0 Å². The lowest BCUT2D eigenvalue weighted by Crippen LogP contribution is -2.43. The van der Waals surface area contributed by atoms with Gasteiger partial charge in [-0.2, -0.15) is 0 Å². The molecule has 0 radical (unpaired) electrons. The molecule has 1 fully saturated rings. The molecule has 24 heavy (non-hydrogen) atoms. The number of nitrogens with zero attached hydrogens (tertiary/aromatic N) is 2. The maximum atomic E-state index is 10.5. The quantitative estimate of drug-likeness (QED) is 0.500. The molecule has 0 bridgehead atoms. The number of aliphatic imine (C=N–C) groups is 1. The first-order valence-electron chi connectivity index (χ1n) is 9.01. The van der Waals surface area contributed by atoms with Gasteiger partial charge in [0.1, 0.15) is 11.4 Å². The SMILES string of the molecule is CCNC(=NCC(C)(O)c1ccco1)NCCN(C)C1CCCC1. The standard InChI is InChI=1S/C18H32N4O2/c1-4-19-17(20-11-12-22(3)15-8-5-6-9-15)21-14-18(2,23)16-10-7-13-24-16/h7,10,13,15,23H,4-6,8-9,11-12,14H2,1-3H3,(H2,19,20,21). The predicted molar refractivity (Wildman–Crippen MR) is 97.1 cm³/mol. The molecule has 2 rings (SSSR count). The minimum absolute atomic E-state index is 0.244. The lowest BCUT2D eigenvalue weighted by atomic mass is 10.0. The third-order valence-electron chi connectivity index (χ3n) is 4.65. The van der Waals surface area contributed by atoms with Gasteiger partial charge in [0.05, 0.1) is 12.8 Å². The van der Waals surface area contributed by atoms with Crippen molar-refractivity contribution in [3.63, 3.8) is 0 Å². The molecule has 1 heterocycles. The second kappa shape index (κ2) is 9.08. The van der Waals surface area contributed by atoms with Gasteiger partial charge >= 0.3 is 0 Å². The van der Waals surface area contributed by atoms with Gasteiger partial charge in [-0.25, -0.2) is 4.99 Å². The topological polar surface area (TPSA) is 73.0 Å². The molecule has 0 spiro atoms. The van der Waals surface area contributed by atoms with Crippen LogP contribution in [-0.2, 0) is 5.60 Å². The number of hydrogen-bond donors (Lipinski definition) is 3. The number of hydrogen-bond acceptors (Lipinski definition) is 4. The molecule has 1 aromatic heterocycles. The van der Waals surface area contributed by atoms with Gasteiger partial charge in [0.25, 0.3) is 0 Å². The van der Waals surface area contributed by atoms with Gasteiger partial charge in [0, 0.05) is 25.7 Å². The molecule has 1 aliphatic carbocycles. The summed E-state index contributed by atoms with van der Waals surface area (Å²) < 4.78 is 5.29. The van der Waals surface area contributed by atoms with Crippen molar-refractivity contribution < 1.29 is 9.52 Å². The normalized spacial score (nSPS) is 18.8. The molecule has 0 aliphatic heterocycles. The van der Waals surface area contributed by atoms with Gasteiger partial charge in [-0.1, -0.05) is 12.8 Å². The Hall–Kier alpha value is -1.53. The van der Waals surface area contributed by atoms with Gasteiger partial charge < -0.3 is 25.1 Å². The number of aliphatic hydroxyl groups is 1. The average Bonchev–Trinajstić information content (AvgIpc) is 3.25. The van der Waals surface area contributed by atoms with Crippen molar-refractivity contribution in [2.45, 2.75) is 51.2 Å².